The third-order valence-electron chi connectivity index (χ3n) is 2.32. The topological polar surface area (TPSA) is 24.9 Å². The Kier molecular flexibility index (Phi) is 3.42. The van der Waals surface area contributed by atoms with E-state index in [1.807, 2.05) is 43.6 Å². The first-order valence-corrected chi connectivity index (χ1v) is 5.52. The minimum atomic E-state index is 0.713. The van der Waals surface area contributed by atoms with Gasteiger partial charge in [0.2, 0.25) is 0 Å². The van der Waals surface area contributed by atoms with Crippen LogP contribution in [0.1, 0.15) is 11.1 Å². The van der Waals surface area contributed by atoms with Crippen molar-refractivity contribution in [2.24, 2.45) is 0 Å². The summed E-state index contributed by atoms with van der Waals surface area (Å²) in [4.78, 5) is 4.12. The van der Waals surface area contributed by atoms with E-state index in [4.69, 9.17) is 11.6 Å². The van der Waals surface area contributed by atoms with Gasteiger partial charge in [0.25, 0.3) is 0 Å². The quantitative estimate of drug-likeness (QED) is 0.874. The highest BCUT2D eigenvalue weighted by atomic mass is 35.5. The van der Waals surface area contributed by atoms with Gasteiger partial charge in [0, 0.05) is 24.0 Å². The number of rotatable bonds is 3. The van der Waals surface area contributed by atoms with Gasteiger partial charge in [-0.3, -0.25) is 4.98 Å². The SMILES string of the molecule is Cc1cncc(NCc2ccccc2Cl)c1. The lowest BCUT2D eigenvalue weighted by atomic mass is 10.2. The predicted molar refractivity (Wildman–Crippen MR) is 67.8 cm³/mol. The first-order chi connectivity index (χ1) is 7.75. The number of hydrogen-bond acceptors (Lipinski definition) is 2. The molecule has 0 aliphatic carbocycles. The lowest BCUT2D eigenvalue weighted by Crippen LogP contribution is -2.00. The van der Waals surface area contributed by atoms with Crippen molar-refractivity contribution < 1.29 is 0 Å². The van der Waals surface area contributed by atoms with Crippen LogP contribution >= 0.6 is 11.6 Å². The second kappa shape index (κ2) is 4.99. The molecule has 1 aromatic heterocycles. The number of hydrogen-bond donors (Lipinski definition) is 1. The van der Waals surface area contributed by atoms with Crippen molar-refractivity contribution in [2.45, 2.75) is 13.5 Å². The summed E-state index contributed by atoms with van der Waals surface area (Å²) in [6, 6.07) is 9.88. The fourth-order valence-corrected chi connectivity index (χ4v) is 1.69. The number of halogens is 1. The second-order valence-electron chi connectivity index (χ2n) is 3.70. The van der Waals surface area contributed by atoms with E-state index >= 15 is 0 Å². The van der Waals surface area contributed by atoms with E-state index in [0.29, 0.717) is 6.54 Å². The Morgan fingerprint density at radius 3 is 2.81 bits per heavy atom. The van der Waals surface area contributed by atoms with Crippen LogP contribution in [0.15, 0.2) is 42.7 Å². The minimum Gasteiger partial charge on any atom is -0.380 e. The lowest BCUT2D eigenvalue weighted by molar-refractivity contribution is 1.13. The van der Waals surface area contributed by atoms with E-state index in [1.165, 1.54) is 0 Å². The maximum atomic E-state index is 6.07. The van der Waals surface area contributed by atoms with Gasteiger partial charge in [-0.2, -0.15) is 0 Å². The van der Waals surface area contributed by atoms with Crippen LogP contribution in [0.25, 0.3) is 0 Å². The zero-order valence-corrected chi connectivity index (χ0v) is 9.83. The van der Waals surface area contributed by atoms with Gasteiger partial charge in [0.1, 0.15) is 0 Å². The van der Waals surface area contributed by atoms with Gasteiger partial charge in [0.15, 0.2) is 0 Å². The number of anilines is 1. The van der Waals surface area contributed by atoms with E-state index < -0.39 is 0 Å². The third-order valence-corrected chi connectivity index (χ3v) is 2.68. The van der Waals surface area contributed by atoms with Gasteiger partial charge in [-0.15, -0.1) is 0 Å². The van der Waals surface area contributed by atoms with Crippen LogP contribution in [0, 0.1) is 6.92 Å². The van der Waals surface area contributed by atoms with Gasteiger partial charge in [0.05, 0.1) is 5.69 Å². The van der Waals surface area contributed by atoms with Crippen LogP contribution in [0.4, 0.5) is 5.69 Å². The molecule has 2 nitrogen and oxygen atoms in total. The molecular weight excluding hydrogens is 220 g/mol. The van der Waals surface area contributed by atoms with Crippen molar-refractivity contribution >= 4 is 17.3 Å². The molecule has 2 aromatic rings. The smallest absolute Gasteiger partial charge is 0.0532 e. The summed E-state index contributed by atoms with van der Waals surface area (Å²) in [5, 5.41) is 4.08. The molecule has 1 heterocycles. The summed E-state index contributed by atoms with van der Waals surface area (Å²) in [7, 11) is 0. The molecular formula is C13H13ClN2. The zero-order valence-electron chi connectivity index (χ0n) is 9.07. The summed E-state index contributed by atoms with van der Waals surface area (Å²) < 4.78 is 0. The van der Waals surface area contributed by atoms with Crippen LogP contribution in [-0.2, 0) is 6.54 Å². The number of aryl methyl sites for hydroxylation is 1. The van der Waals surface area contributed by atoms with E-state index in [2.05, 4.69) is 16.4 Å². The van der Waals surface area contributed by atoms with Crippen molar-refractivity contribution in [3.05, 3.63) is 58.9 Å². The van der Waals surface area contributed by atoms with Crippen LogP contribution < -0.4 is 5.32 Å². The molecule has 1 aromatic carbocycles. The molecule has 82 valence electrons. The molecule has 0 bridgehead atoms. The normalized spacial score (nSPS) is 10.1. The summed E-state index contributed by atoms with van der Waals surface area (Å²) >= 11 is 6.07. The van der Waals surface area contributed by atoms with Crippen LogP contribution in [-0.4, -0.2) is 4.98 Å². The average Bonchev–Trinajstić information content (AvgIpc) is 2.28. The number of benzene rings is 1. The zero-order chi connectivity index (χ0) is 11.4. The fraction of sp³-hybridized carbons (Fsp3) is 0.154. The van der Waals surface area contributed by atoms with E-state index in [-0.39, 0.29) is 0 Å². The van der Waals surface area contributed by atoms with Crippen LogP contribution in [0.5, 0.6) is 0 Å². The summed E-state index contributed by atoms with van der Waals surface area (Å²) in [5.41, 5.74) is 3.25. The highest BCUT2D eigenvalue weighted by Gasteiger charge is 1.98. The van der Waals surface area contributed by atoms with E-state index in [9.17, 15) is 0 Å². The molecule has 0 saturated heterocycles. The van der Waals surface area contributed by atoms with Crippen molar-refractivity contribution in [2.75, 3.05) is 5.32 Å². The van der Waals surface area contributed by atoms with Gasteiger partial charge < -0.3 is 5.32 Å². The molecule has 0 aliphatic rings. The Morgan fingerprint density at radius 1 is 1.25 bits per heavy atom. The number of nitrogens with one attached hydrogen (secondary N) is 1. The highest BCUT2D eigenvalue weighted by molar-refractivity contribution is 6.31. The molecule has 0 atom stereocenters. The molecule has 0 saturated carbocycles. The molecule has 0 unspecified atom stereocenters. The molecule has 16 heavy (non-hydrogen) atoms. The molecule has 0 aliphatic heterocycles. The highest BCUT2D eigenvalue weighted by Crippen LogP contribution is 2.16. The van der Waals surface area contributed by atoms with Gasteiger partial charge in [-0.1, -0.05) is 29.8 Å². The molecule has 0 spiro atoms. The first-order valence-electron chi connectivity index (χ1n) is 5.14. The Labute approximate surface area is 100 Å². The number of nitrogens with zero attached hydrogens (tertiary/aromatic N) is 1. The largest absolute Gasteiger partial charge is 0.380 e. The Balaban J connectivity index is 2.05. The fourth-order valence-electron chi connectivity index (χ4n) is 1.49. The monoisotopic (exact) mass is 232 g/mol. The number of pyridine rings is 1. The maximum absolute atomic E-state index is 6.07. The van der Waals surface area contributed by atoms with Crippen LogP contribution in [0.2, 0.25) is 5.02 Å². The third kappa shape index (κ3) is 2.74. The molecule has 2 rings (SSSR count). The van der Waals surface area contributed by atoms with E-state index in [1.54, 1.807) is 0 Å². The first kappa shape index (κ1) is 11.0. The Morgan fingerprint density at radius 2 is 2.06 bits per heavy atom. The predicted octanol–water partition coefficient (Wildman–Crippen LogP) is 3.66. The maximum Gasteiger partial charge on any atom is 0.0532 e. The van der Waals surface area contributed by atoms with Crippen LogP contribution in [0.3, 0.4) is 0 Å². The summed E-state index contributed by atoms with van der Waals surface area (Å²) in [6.07, 6.45) is 3.64. The second-order valence-corrected chi connectivity index (χ2v) is 4.10. The number of aromatic nitrogens is 1. The van der Waals surface area contributed by atoms with Crippen molar-refractivity contribution in [1.29, 1.82) is 0 Å². The van der Waals surface area contributed by atoms with Gasteiger partial charge >= 0.3 is 0 Å². The van der Waals surface area contributed by atoms with E-state index in [0.717, 1.165) is 21.8 Å². The Hall–Kier alpha value is -1.54. The molecule has 3 heteroatoms. The van der Waals surface area contributed by atoms with Gasteiger partial charge in [-0.25, -0.2) is 0 Å². The molecule has 0 radical (unpaired) electrons. The van der Waals surface area contributed by atoms with Crippen molar-refractivity contribution in [3.63, 3.8) is 0 Å². The molecule has 1 N–H and O–H groups in total. The summed E-state index contributed by atoms with van der Waals surface area (Å²) in [5.74, 6) is 0. The van der Waals surface area contributed by atoms with Gasteiger partial charge in [-0.05, 0) is 30.2 Å². The van der Waals surface area contributed by atoms with Crippen molar-refractivity contribution in [3.8, 4) is 0 Å². The molecule has 0 amide bonds. The average molecular weight is 233 g/mol. The molecule has 0 fully saturated rings. The summed E-state index contributed by atoms with van der Waals surface area (Å²) in [6.45, 7) is 2.73. The standard InChI is InChI=1S/C13H13ClN2/c1-10-6-12(9-15-7-10)16-8-11-4-2-3-5-13(11)14/h2-7,9,16H,8H2,1H3. The Bertz CT molecular complexity index is 483. The minimum absolute atomic E-state index is 0.713. The lowest BCUT2D eigenvalue weighted by Gasteiger charge is -2.07. The van der Waals surface area contributed by atoms with Crippen molar-refractivity contribution in [1.82, 2.24) is 4.98 Å².